The van der Waals surface area contributed by atoms with Crippen molar-refractivity contribution in [3.63, 3.8) is 0 Å². The number of aliphatic imine (C=N–C) groups is 1. The van der Waals surface area contributed by atoms with Crippen LogP contribution in [0.25, 0.3) is 10.8 Å². The second-order valence-corrected chi connectivity index (χ2v) is 16.8. The number of nitrogens with two attached hydrogens (primary N) is 3. The molecule has 1 heterocycles. The van der Waals surface area contributed by atoms with E-state index in [-0.39, 0.29) is 54.6 Å². The van der Waals surface area contributed by atoms with Crippen molar-refractivity contribution >= 4 is 51.7 Å². The molecule has 3 aromatic carbocycles. The number of aromatic nitrogens is 2. The van der Waals surface area contributed by atoms with Gasteiger partial charge in [0.05, 0.1) is 37.2 Å². The first-order chi connectivity index (χ1) is 31.8. The van der Waals surface area contributed by atoms with Crippen LogP contribution in [0.4, 0.5) is 11.5 Å². The molecule has 1 aromatic heterocycles. The SMILES string of the molecule is Cc1nc(N)c(C(=O)NC(N)=NCCCCc2ccc(CC(N)C(=O)Nc3ccc(CCCN(CC(O)C(O)C(O)C(O)CO)CC(O)C(O)C(O)C(O)CO)cc3)c3ccccc23)nc1Cl. The van der Waals surface area contributed by atoms with Gasteiger partial charge in [-0.05, 0) is 91.6 Å². The first kappa shape index (κ1) is 54.6. The molecule has 0 saturated heterocycles. The molecule has 22 heteroatoms. The van der Waals surface area contributed by atoms with Crippen LogP contribution in [0.2, 0.25) is 5.15 Å². The molecular formula is C45H64ClN9O12. The Labute approximate surface area is 392 Å². The lowest BCUT2D eigenvalue weighted by molar-refractivity contribution is -0.130. The molecule has 0 bridgehead atoms. The molecule has 18 N–H and O–H groups in total. The Kier molecular flexibility index (Phi) is 21.6. The second-order valence-electron chi connectivity index (χ2n) is 16.4. The van der Waals surface area contributed by atoms with Crippen molar-refractivity contribution in [2.75, 3.05) is 50.4 Å². The van der Waals surface area contributed by atoms with Crippen molar-refractivity contribution in [2.45, 2.75) is 100 Å². The summed E-state index contributed by atoms with van der Waals surface area (Å²) < 4.78 is 0. The molecule has 0 radical (unpaired) electrons. The van der Waals surface area contributed by atoms with Crippen LogP contribution >= 0.6 is 11.6 Å². The molecule has 0 spiro atoms. The van der Waals surface area contributed by atoms with Crippen LogP contribution in [-0.2, 0) is 24.1 Å². The number of anilines is 2. The summed E-state index contributed by atoms with van der Waals surface area (Å²) in [6.07, 6.45) is -11.0. The number of nitrogen functional groups attached to an aromatic ring is 1. The summed E-state index contributed by atoms with van der Waals surface area (Å²) in [5.74, 6) is -1.22. The van der Waals surface area contributed by atoms with E-state index < -0.39 is 74.0 Å². The molecule has 67 heavy (non-hydrogen) atoms. The summed E-state index contributed by atoms with van der Waals surface area (Å²) in [7, 11) is 0. The van der Waals surface area contributed by atoms with Gasteiger partial charge in [-0.1, -0.05) is 60.1 Å². The van der Waals surface area contributed by atoms with Gasteiger partial charge in [-0.3, -0.25) is 24.8 Å². The summed E-state index contributed by atoms with van der Waals surface area (Å²) in [5, 5.41) is 107. The standard InChI is InChI=1S/C45H64ClN9O12/c1-24-41(46)53-36(42(48)51-24)44(67)54-45(49)50-17-5-4-8-26-13-14-27(30-10-3-2-9-29(26)30)19-31(47)43(66)52-28-15-11-25(12-16-28)7-6-18-55(20-32(58)37(62)39(64)34(60)22-56)21-33(59)38(63)40(65)35(61)23-57/h2-3,9-16,31-35,37-40,56-65H,4-8,17-23,47H2,1H3,(H2,48,51)(H,52,66)(H3,49,50,54,67). The number of halogens is 1. The Hall–Kier alpha value is -4.98. The highest BCUT2D eigenvalue weighted by Gasteiger charge is 2.34. The van der Waals surface area contributed by atoms with E-state index in [9.17, 15) is 50.4 Å². The molecule has 4 aromatic rings. The number of amides is 2. The van der Waals surface area contributed by atoms with Crippen LogP contribution in [0.1, 0.15) is 52.1 Å². The fourth-order valence-corrected chi connectivity index (χ4v) is 7.43. The van der Waals surface area contributed by atoms with E-state index in [1.54, 1.807) is 31.2 Å². The number of aliphatic hydroxyl groups is 10. The highest BCUT2D eigenvalue weighted by Crippen LogP contribution is 2.26. The summed E-state index contributed by atoms with van der Waals surface area (Å²) >= 11 is 5.98. The predicted octanol–water partition coefficient (Wildman–Crippen LogP) is -2.14. The largest absolute Gasteiger partial charge is 0.394 e. The topological polar surface area (TPSA) is 380 Å². The van der Waals surface area contributed by atoms with Gasteiger partial charge in [0.1, 0.15) is 36.6 Å². The number of hydrogen-bond acceptors (Lipinski definition) is 18. The van der Waals surface area contributed by atoms with Gasteiger partial charge >= 0.3 is 0 Å². The number of aliphatic hydroxyl groups excluding tert-OH is 10. The number of fused-ring (bicyclic) bond motifs is 1. The van der Waals surface area contributed by atoms with Crippen molar-refractivity contribution in [3.8, 4) is 0 Å². The Balaban J connectivity index is 1.29. The van der Waals surface area contributed by atoms with E-state index >= 15 is 0 Å². The summed E-state index contributed by atoms with van der Waals surface area (Å²) in [6.45, 7) is -0.363. The van der Waals surface area contributed by atoms with Crippen molar-refractivity contribution in [1.82, 2.24) is 20.2 Å². The van der Waals surface area contributed by atoms with Crippen LogP contribution in [0, 0.1) is 6.92 Å². The van der Waals surface area contributed by atoms with Crippen molar-refractivity contribution < 1.29 is 60.7 Å². The normalized spacial score (nSPS) is 16.2. The van der Waals surface area contributed by atoms with Gasteiger partial charge in [-0.15, -0.1) is 0 Å². The molecule has 0 aliphatic carbocycles. The molecule has 21 nitrogen and oxygen atoms in total. The molecular weight excluding hydrogens is 894 g/mol. The first-order valence-corrected chi connectivity index (χ1v) is 22.2. The first-order valence-electron chi connectivity index (χ1n) is 21.8. The van der Waals surface area contributed by atoms with Crippen molar-refractivity contribution in [2.24, 2.45) is 16.5 Å². The minimum atomic E-state index is -1.89. The lowest BCUT2D eigenvalue weighted by atomic mass is 9.93. The summed E-state index contributed by atoms with van der Waals surface area (Å²) in [6, 6.07) is 18.0. The second kappa shape index (κ2) is 26.5. The summed E-state index contributed by atoms with van der Waals surface area (Å²) in [4.78, 5) is 39.5. The third-order valence-electron chi connectivity index (χ3n) is 11.2. The average molecular weight is 959 g/mol. The molecule has 4 rings (SSSR count). The highest BCUT2D eigenvalue weighted by atomic mass is 35.5. The average Bonchev–Trinajstić information content (AvgIpc) is 3.31. The number of carbonyl (C=O) groups excluding carboxylic acids is 2. The van der Waals surface area contributed by atoms with Gasteiger partial charge in [0.15, 0.2) is 22.6 Å². The zero-order chi connectivity index (χ0) is 49.4. The Morgan fingerprint density at radius 1 is 0.746 bits per heavy atom. The molecule has 9 atom stereocenters. The number of carbonyl (C=O) groups is 2. The number of aryl methyl sites for hydroxylation is 3. The lowest BCUT2D eigenvalue weighted by Gasteiger charge is -2.33. The number of guanidine groups is 1. The minimum absolute atomic E-state index is 0.0563. The maximum Gasteiger partial charge on any atom is 0.280 e. The lowest BCUT2D eigenvalue weighted by Crippen LogP contribution is -2.53. The number of benzene rings is 3. The number of rotatable bonds is 26. The van der Waals surface area contributed by atoms with Crippen LogP contribution < -0.4 is 27.8 Å². The smallest absolute Gasteiger partial charge is 0.280 e. The maximum atomic E-state index is 13.3. The molecule has 368 valence electrons. The van der Waals surface area contributed by atoms with E-state index in [0.29, 0.717) is 37.2 Å². The zero-order valence-electron chi connectivity index (χ0n) is 37.1. The number of nitrogens with zero attached hydrogens (tertiary/aromatic N) is 4. The van der Waals surface area contributed by atoms with Gasteiger partial charge in [0.2, 0.25) is 5.91 Å². The minimum Gasteiger partial charge on any atom is -0.394 e. The third-order valence-corrected chi connectivity index (χ3v) is 11.6. The number of unbranched alkanes of at least 4 members (excludes halogenated alkanes) is 1. The highest BCUT2D eigenvalue weighted by molar-refractivity contribution is 6.30. The molecule has 0 saturated carbocycles. The fourth-order valence-electron chi connectivity index (χ4n) is 7.30. The fraction of sp³-hybridized carbons (Fsp3) is 0.489. The Morgan fingerprint density at radius 3 is 1.88 bits per heavy atom. The van der Waals surface area contributed by atoms with Crippen LogP contribution in [0.15, 0.2) is 65.7 Å². The van der Waals surface area contributed by atoms with E-state index in [1.807, 2.05) is 36.4 Å². The van der Waals surface area contributed by atoms with Gasteiger partial charge in [-0.2, -0.15) is 0 Å². The maximum absolute atomic E-state index is 13.3. The molecule has 0 fully saturated rings. The molecule has 0 aliphatic heterocycles. The Morgan fingerprint density at radius 2 is 1.30 bits per heavy atom. The van der Waals surface area contributed by atoms with E-state index in [1.165, 1.54) is 4.90 Å². The summed E-state index contributed by atoms with van der Waals surface area (Å²) in [5.41, 5.74) is 21.8. The van der Waals surface area contributed by atoms with Crippen LogP contribution in [-0.4, -0.2) is 178 Å². The quantitative estimate of drug-likeness (QED) is 0.0181. The molecule has 2 amide bonds. The van der Waals surface area contributed by atoms with E-state index in [2.05, 4.69) is 25.6 Å². The predicted molar refractivity (Wildman–Crippen MR) is 251 cm³/mol. The van der Waals surface area contributed by atoms with E-state index in [0.717, 1.165) is 40.3 Å². The van der Waals surface area contributed by atoms with Crippen LogP contribution in [0.5, 0.6) is 0 Å². The zero-order valence-corrected chi connectivity index (χ0v) is 37.9. The van der Waals surface area contributed by atoms with Crippen molar-refractivity contribution in [3.05, 3.63) is 93.9 Å². The van der Waals surface area contributed by atoms with Gasteiger partial charge in [0, 0.05) is 25.3 Å². The van der Waals surface area contributed by atoms with E-state index in [4.69, 9.17) is 39.0 Å². The van der Waals surface area contributed by atoms with Crippen LogP contribution in [0.3, 0.4) is 0 Å². The van der Waals surface area contributed by atoms with Crippen molar-refractivity contribution in [1.29, 1.82) is 0 Å². The number of hydrogen-bond donors (Lipinski definition) is 15. The monoisotopic (exact) mass is 957 g/mol. The molecule has 9 unspecified atom stereocenters. The van der Waals surface area contributed by atoms with Gasteiger partial charge in [-0.25, -0.2) is 9.97 Å². The number of nitrogens with one attached hydrogen (secondary N) is 2. The van der Waals surface area contributed by atoms with Gasteiger partial charge < -0.3 is 73.6 Å². The van der Waals surface area contributed by atoms with Gasteiger partial charge in [0.25, 0.3) is 5.91 Å². The third kappa shape index (κ3) is 16.1. The Bertz CT molecular complexity index is 2210. The molecule has 0 aliphatic rings.